The second kappa shape index (κ2) is 5.85. The zero-order chi connectivity index (χ0) is 16.7. The fourth-order valence-electron chi connectivity index (χ4n) is 2.49. The molecule has 0 unspecified atom stereocenters. The highest BCUT2D eigenvalue weighted by molar-refractivity contribution is 7.15. The molecule has 0 amide bonds. The first-order chi connectivity index (χ1) is 11.6. The van der Waals surface area contributed by atoms with Crippen LogP contribution >= 0.6 is 22.9 Å². The first kappa shape index (κ1) is 15.1. The Kier molecular flexibility index (Phi) is 3.67. The summed E-state index contributed by atoms with van der Waals surface area (Å²) in [5.74, 6) is 0.511. The SMILES string of the molecule is Cc1ccc(/C=c2\sc3nnc(-c4cccc(Cl)c4)n3c2=O)cc1. The highest BCUT2D eigenvalue weighted by Gasteiger charge is 2.14. The van der Waals surface area contributed by atoms with E-state index in [0.29, 0.717) is 20.3 Å². The van der Waals surface area contributed by atoms with Crippen LogP contribution < -0.4 is 10.1 Å². The summed E-state index contributed by atoms with van der Waals surface area (Å²) in [4.78, 5) is 13.3. The summed E-state index contributed by atoms with van der Waals surface area (Å²) in [5.41, 5.74) is 2.82. The molecule has 0 aliphatic rings. The van der Waals surface area contributed by atoms with E-state index in [9.17, 15) is 4.79 Å². The molecule has 6 heteroatoms. The highest BCUT2D eigenvalue weighted by Crippen LogP contribution is 2.21. The van der Waals surface area contributed by atoms with Gasteiger partial charge in [0.2, 0.25) is 4.96 Å². The lowest BCUT2D eigenvalue weighted by molar-refractivity contribution is 1.09. The molecule has 4 rings (SSSR count). The third kappa shape index (κ3) is 2.62. The predicted molar refractivity (Wildman–Crippen MR) is 97.5 cm³/mol. The maximum Gasteiger partial charge on any atom is 0.276 e. The summed E-state index contributed by atoms with van der Waals surface area (Å²) in [6.07, 6.45) is 1.88. The quantitative estimate of drug-likeness (QED) is 0.555. The number of hydrogen-bond acceptors (Lipinski definition) is 4. The average molecular weight is 354 g/mol. The largest absolute Gasteiger partial charge is 0.276 e. The van der Waals surface area contributed by atoms with E-state index in [1.165, 1.54) is 21.3 Å². The van der Waals surface area contributed by atoms with Crippen molar-refractivity contribution in [2.24, 2.45) is 0 Å². The zero-order valence-electron chi connectivity index (χ0n) is 12.7. The molecule has 24 heavy (non-hydrogen) atoms. The van der Waals surface area contributed by atoms with Gasteiger partial charge in [0.25, 0.3) is 5.56 Å². The number of fused-ring (bicyclic) bond motifs is 1. The molecular weight excluding hydrogens is 342 g/mol. The Labute approximate surface area is 146 Å². The van der Waals surface area contributed by atoms with Crippen LogP contribution in [0.2, 0.25) is 5.02 Å². The maximum absolute atomic E-state index is 12.8. The number of rotatable bonds is 2. The molecule has 0 saturated carbocycles. The molecule has 0 bridgehead atoms. The maximum atomic E-state index is 12.8. The molecule has 118 valence electrons. The van der Waals surface area contributed by atoms with Gasteiger partial charge < -0.3 is 0 Å². The lowest BCUT2D eigenvalue weighted by Gasteiger charge is -1.97. The van der Waals surface area contributed by atoms with Crippen LogP contribution in [0.3, 0.4) is 0 Å². The summed E-state index contributed by atoms with van der Waals surface area (Å²) in [5, 5.41) is 8.86. The molecule has 4 aromatic rings. The van der Waals surface area contributed by atoms with Gasteiger partial charge in [0.1, 0.15) is 0 Å². The molecule has 2 aromatic carbocycles. The minimum atomic E-state index is -0.115. The van der Waals surface area contributed by atoms with Crippen LogP contribution in [0.1, 0.15) is 11.1 Å². The van der Waals surface area contributed by atoms with Gasteiger partial charge in [0, 0.05) is 10.6 Å². The van der Waals surface area contributed by atoms with Gasteiger partial charge in [0.15, 0.2) is 5.82 Å². The Morgan fingerprint density at radius 2 is 1.92 bits per heavy atom. The van der Waals surface area contributed by atoms with E-state index in [2.05, 4.69) is 10.2 Å². The van der Waals surface area contributed by atoms with Crippen LogP contribution in [0.5, 0.6) is 0 Å². The van der Waals surface area contributed by atoms with Gasteiger partial charge in [-0.3, -0.25) is 4.79 Å². The van der Waals surface area contributed by atoms with Crippen LogP contribution in [0, 0.1) is 6.92 Å². The van der Waals surface area contributed by atoms with Gasteiger partial charge in [0.05, 0.1) is 4.53 Å². The Morgan fingerprint density at radius 1 is 1.12 bits per heavy atom. The summed E-state index contributed by atoms with van der Waals surface area (Å²) < 4.78 is 2.17. The second-order valence-electron chi connectivity index (χ2n) is 5.48. The van der Waals surface area contributed by atoms with E-state index >= 15 is 0 Å². The van der Waals surface area contributed by atoms with Crippen molar-refractivity contribution >= 4 is 34.0 Å². The molecule has 0 N–H and O–H groups in total. The monoisotopic (exact) mass is 353 g/mol. The van der Waals surface area contributed by atoms with Crippen molar-refractivity contribution in [3.63, 3.8) is 0 Å². The van der Waals surface area contributed by atoms with Crippen molar-refractivity contribution in [2.75, 3.05) is 0 Å². The molecule has 0 radical (unpaired) electrons. The molecule has 0 atom stereocenters. The molecule has 0 aliphatic carbocycles. The van der Waals surface area contributed by atoms with E-state index in [0.717, 1.165) is 11.1 Å². The second-order valence-corrected chi connectivity index (χ2v) is 6.92. The number of benzene rings is 2. The van der Waals surface area contributed by atoms with Gasteiger partial charge in [-0.15, -0.1) is 10.2 Å². The normalized spacial score (nSPS) is 12.2. The Hall–Kier alpha value is -2.50. The van der Waals surface area contributed by atoms with Crippen molar-refractivity contribution < 1.29 is 0 Å². The van der Waals surface area contributed by atoms with Gasteiger partial charge >= 0.3 is 0 Å². The molecule has 4 nitrogen and oxygen atoms in total. The fraction of sp³-hybridized carbons (Fsp3) is 0.0556. The van der Waals surface area contributed by atoms with Crippen molar-refractivity contribution in [1.29, 1.82) is 0 Å². The lowest BCUT2D eigenvalue weighted by Crippen LogP contribution is -2.23. The molecule has 0 fully saturated rings. The summed E-state index contributed by atoms with van der Waals surface area (Å²) in [7, 11) is 0. The number of hydrogen-bond donors (Lipinski definition) is 0. The van der Waals surface area contributed by atoms with Gasteiger partial charge in [-0.1, -0.05) is 64.9 Å². The van der Waals surface area contributed by atoms with Gasteiger partial charge in [-0.2, -0.15) is 0 Å². The Morgan fingerprint density at radius 3 is 2.67 bits per heavy atom. The number of halogens is 1. The topological polar surface area (TPSA) is 47.3 Å². The molecule has 2 heterocycles. The summed E-state index contributed by atoms with van der Waals surface area (Å²) in [6, 6.07) is 15.3. The van der Waals surface area contributed by atoms with E-state index in [1.807, 2.05) is 49.4 Å². The van der Waals surface area contributed by atoms with E-state index in [1.54, 1.807) is 12.1 Å². The molecular formula is C18H12ClN3OS. The van der Waals surface area contributed by atoms with Crippen molar-refractivity contribution in [1.82, 2.24) is 14.6 Å². The van der Waals surface area contributed by atoms with Crippen molar-refractivity contribution in [3.05, 3.63) is 79.6 Å². The van der Waals surface area contributed by atoms with Crippen LogP contribution in [-0.2, 0) is 0 Å². The van der Waals surface area contributed by atoms with Gasteiger partial charge in [-0.05, 0) is 30.7 Å². The number of thiazole rings is 1. The van der Waals surface area contributed by atoms with Crippen LogP contribution in [0.25, 0.3) is 22.4 Å². The lowest BCUT2D eigenvalue weighted by atomic mass is 10.1. The van der Waals surface area contributed by atoms with Gasteiger partial charge in [-0.25, -0.2) is 4.40 Å². The van der Waals surface area contributed by atoms with Crippen molar-refractivity contribution in [2.45, 2.75) is 6.92 Å². The smallest absolute Gasteiger partial charge is 0.267 e. The Bertz CT molecular complexity index is 1150. The third-order valence-corrected chi connectivity index (χ3v) is 4.90. The summed E-state index contributed by atoms with van der Waals surface area (Å²) >= 11 is 7.37. The fourth-order valence-corrected chi connectivity index (χ4v) is 3.59. The number of aryl methyl sites for hydroxylation is 1. The average Bonchev–Trinajstić information content (AvgIpc) is 3.11. The van der Waals surface area contributed by atoms with E-state index < -0.39 is 0 Å². The number of nitrogens with zero attached hydrogens (tertiary/aromatic N) is 3. The van der Waals surface area contributed by atoms with Crippen LogP contribution in [0.4, 0.5) is 0 Å². The summed E-state index contributed by atoms with van der Waals surface area (Å²) in [6.45, 7) is 2.03. The highest BCUT2D eigenvalue weighted by atomic mass is 35.5. The zero-order valence-corrected chi connectivity index (χ0v) is 14.3. The first-order valence-corrected chi connectivity index (χ1v) is 8.53. The van der Waals surface area contributed by atoms with Crippen LogP contribution in [-0.4, -0.2) is 14.6 Å². The molecule has 0 saturated heterocycles. The molecule has 0 aliphatic heterocycles. The predicted octanol–water partition coefficient (Wildman–Crippen LogP) is 3.33. The number of aromatic nitrogens is 3. The van der Waals surface area contributed by atoms with E-state index in [4.69, 9.17) is 11.6 Å². The third-order valence-electron chi connectivity index (χ3n) is 3.71. The first-order valence-electron chi connectivity index (χ1n) is 7.34. The van der Waals surface area contributed by atoms with Crippen LogP contribution in [0.15, 0.2) is 53.3 Å². The molecule has 2 aromatic heterocycles. The van der Waals surface area contributed by atoms with E-state index in [-0.39, 0.29) is 5.56 Å². The van der Waals surface area contributed by atoms with Crippen molar-refractivity contribution in [3.8, 4) is 11.4 Å². The minimum absolute atomic E-state index is 0.115. The standard InChI is InChI=1S/C18H12ClN3OS/c1-11-5-7-12(8-6-11)9-15-17(23)22-16(20-21-18(22)24-15)13-3-2-4-14(19)10-13/h2-10H,1H3/b15-9-. The molecule has 0 spiro atoms. The Balaban J connectivity index is 1.91. The minimum Gasteiger partial charge on any atom is -0.267 e.